The van der Waals surface area contributed by atoms with Crippen molar-refractivity contribution in [3.8, 4) is 0 Å². The number of halogens is 3. The van der Waals surface area contributed by atoms with Crippen LogP contribution in [0.3, 0.4) is 0 Å². The minimum atomic E-state index is -4.30. The van der Waals surface area contributed by atoms with Crippen LogP contribution >= 0.6 is 0 Å². The maximum Gasteiger partial charge on any atom is 0.393 e. The van der Waals surface area contributed by atoms with Crippen LogP contribution in [0.25, 0.3) is 11.0 Å². The van der Waals surface area contributed by atoms with Crippen molar-refractivity contribution in [2.45, 2.75) is 31.1 Å². The van der Waals surface area contributed by atoms with Crippen LogP contribution in [0, 0.1) is 5.92 Å². The van der Waals surface area contributed by atoms with Crippen LogP contribution in [0.2, 0.25) is 0 Å². The maximum atomic E-state index is 13.6. The van der Waals surface area contributed by atoms with E-state index in [1.54, 1.807) is 47.4 Å². The molecule has 3 atom stereocenters. The third kappa shape index (κ3) is 3.63. The summed E-state index contributed by atoms with van der Waals surface area (Å²) in [4.78, 5) is 24.1. The molecule has 0 aliphatic carbocycles. The van der Waals surface area contributed by atoms with Crippen molar-refractivity contribution in [2.24, 2.45) is 5.92 Å². The predicted molar refractivity (Wildman–Crippen MR) is 98.9 cm³/mol. The smallest absolute Gasteiger partial charge is 0.368 e. The first-order valence-electron chi connectivity index (χ1n) is 9.35. The number of carbonyl (C=O) groups excluding carboxylic acids is 1. The molecule has 9 heteroatoms. The molecule has 0 spiro atoms. The Labute approximate surface area is 160 Å². The summed E-state index contributed by atoms with van der Waals surface area (Å²) >= 11 is 0. The van der Waals surface area contributed by atoms with E-state index in [1.165, 1.54) is 0 Å². The lowest BCUT2D eigenvalue weighted by molar-refractivity contribution is -0.177. The van der Waals surface area contributed by atoms with E-state index in [0.29, 0.717) is 36.2 Å². The summed E-state index contributed by atoms with van der Waals surface area (Å²) in [6.07, 6.45) is -0.620. The third-order valence-electron chi connectivity index (χ3n) is 5.60. The van der Waals surface area contributed by atoms with Gasteiger partial charge in [-0.05, 0) is 25.0 Å². The molecule has 150 valence electrons. The zero-order valence-electron chi connectivity index (χ0n) is 15.5. The Balaban J connectivity index is 1.62. The van der Waals surface area contributed by atoms with Crippen LogP contribution in [0.15, 0.2) is 30.6 Å². The highest BCUT2D eigenvalue weighted by molar-refractivity contribution is 5.88. The Kier molecular flexibility index (Phi) is 4.86. The molecule has 6 nitrogen and oxygen atoms in total. The summed E-state index contributed by atoms with van der Waals surface area (Å²) in [5.74, 6) is -1.53. The van der Waals surface area contributed by atoms with Crippen LogP contribution in [0.4, 0.5) is 18.9 Å². The molecule has 2 aliphatic heterocycles. The molecule has 2 aliphatic rings. The largest absolute Gasteiger partial charge is 0.393 e. The van der Waals surface area contributed by atoms with Crippen molar-refractivity contribution in [3.05, 3.63) is 30.6 Å². The molecular weight excluding hydrogens is 371 g/mol. The van der Waals surface area contributed by atoms with Gasteiger partial charge in [0.2, 0.25) is 5.91 Å². The van der Waals surface area contributed by atoms with E-state index in [0.717, 1.165) is 0 Å². The lowest BCUT2D eigenvalue weighted by Crippen LogP contribution is -2.55. The minimum absolute atomic E-state index is 0.0378. The van der Waals surface area contributed by atoms with Gasteiger partial charge in [0.15, 0.2) is 0 Å². The zero-order chi connectivity index (χ0) is 19.9. The van der Waals surface area contributed by atoms with Crippen LogP contribution in [0.1, 0.15) is 12.8 Å². The molecule has 28 heavy (non-hydrogen) atoms. The van der Waals surface area contributed by atoms with Gasteiger partial charge in [-0.15, -0.1) is 0 Å². The average molecular weight is 393 g/mol. The highest BCUT2D eigenvalue weighted by Gasteiger charge is 2.45. The van der Waals surface area contributed by atoms with Crippen LogP contribution < -0.4 is 10.2 Å². The topological polar surface area (TPSA) is 61.4 Å². The first-order chi connectivity index (χ1) is 13.3. The van der Waals surface area contributed by atoms with Gasteiger partial charge in [0.05, 0.1) is 23.2 Å². The number of nitrogens with zero attached hydrogens (tertiary/aromatic N) is 4. The van der Waals surface area contributed by atoms with Crippen molar-refractivity contribution < 1.29 is 18.0 Å². The maximum absolute atomic E-state index is 13.6. The van der Waals surface area contributed by atoms with Gasteiger partial charge in [-0.3, -0.25) is 14.8 Å². The van der Waals surface area contributed by atoms with E-state index in [4.69, 9.17) is 0 Å². The molecule has 1 N–H and O–H groups in total. The fourth-order valence-electron chi connectivity index (χ4n) is 4.15. The Hall–Kier alpha value is -2.42. The van der Waals surface area contributed by atoms with E-state index >= 15 is 0 Å². The van der Waals surface area contributed by atoms with E-state index < -0.39 is 24.2 Å². The van der Waals surface area contributed by atoms with Gasteiger partial charge in [0, 0.05) is 45.1 Å². The van der Waals surface area contributed by atoms with Crippen molar-refractivity contribution in [1.29, 1.82) is 0 Å². The number of para-hydroxylation sites is 1. The molecule has 0 unspecified atom stereocenters. The summed E-state index contributed by atoms with van der Waals surface area (Å²) in [5.41, 5.74) is 1.87. The lowest BCUT2D eigenvalue weighted by atomic mass is 9.92. The van der Waals surface area contributed by atoms with Gasteiger partial charge in [-0.25, -0.2) is 0 Å². The van der Waals surface area contributed by atoms with E-state index in [1.807, 2.05) is 0 Å². The normalized spacial score (nSPS) is 26.3. The fraction of sp³-hybridized carbons (Fsp3) is 0.526. The minimum Gasteiger partial charge on any atom is -0.368 e. The summed E-state index contributed by atoms with van der Waals surface area (Å²) in [6, 6.07) is 4.49. The number of aromatic nitrogens is 2. The highest BCUT2D eigenvalue weighted by atomic mass is 19.4. The van der Waals surface area contributed by atoms with Crippen molar-refractivity contribution in [2.75, 3.05) is 31.6 Å². The Morgan fingerprint density at radius 2 is 1.96 bits per heavy atom. The molecule has 3 heterocycles. The number of anilines is 1. The first kappa shape index (κ1) is 18.9. The number of amides is 1. The zero-order valence-corrected chi connectivity index (χ0v) is 15.5. The number of likely N-dealkylation sites (tertiary alicyclic amines) is 1. The monoisotopic (exact) mass is 393 g/mol. The Bertz CT molecular complexity index is 869. The van der Waals surface area contributed by atoms with Crippen LogP contribution in [0.5, 0.6) is 0 Å². The number of carbonyl (C=O) groups is 1. The summed E-state index contributed by atoms with van der Waals surface area (Å²) in [7, 11) is 1.71. The predicted octanol–water partition coefficient (Wildman–Crippen LogP) is 2.21. The van der Waals surface area contributed by atoms with E-state index in [9.17, 15) is 18.0 Å². The number of nitrogens with one attached hydrogen (secondary N) is 1. The molecule has 1 amide bonds. The van der Waals surface area contributed by atoms with Gasteiger partial charge in [0.1, 0.15) is 5.52 Å². The number of alkyl halides is 3. The van der Waals surface area contributed by atoms with Gasteiger partial charge >= 0.3 is 6.18 Å². The molecule has 0 bridgehead atoms. The van der Waals surface area contributed by atoms with Crippen molar-refractivity contribution >= 4 is 22.6 Å². The number of hydrogen-bond donors (Lipinski definition) is 1. The van der Waals surface area contributed by atoms with E-state index in [2.05, 4.69) is 15.3 Å². The SMILES string of the molecule is CN1CC[C@@H](N[C@H]2C[C@@H](C(F)(F)F)CN(c3cccc4nccnc34)C2)C1=O. The molecule has 1 aromatic carbocycles. The summed E-state index contributed by atoms with van der Waals surface area (Å²) in [6.45, 7) is 0.875. The molecule has 0 radical (unpaired) electrons. The second kappa shape index (κ2) is 7.20. The lowest BCUT2D eigenvalue weighted by Gasteiger charge is -2.41. The molecule has 2 saturated heterocycles. The number of hydrogen-bond acceptors (Lipinski definition) is 5. The fourth-order valence-corrected chi connectivity index (χ4v) is 4.15. The third-order valence-corrected chi connectivity index (χ3v) is 5.60. The molecule has 1 aromatic heterocycles. The standard InChI is InChI=1S/C19H22F3N5O/c1-26-8-5-15(18(26)28)25-13-9-12(19(20,21)22)10-27(11-13)16-4-2-3-14-17(16)24-7-6-23-14/h2-4,6-7,12-13,15,25H,5,8-11H2,1H3/t12-,13+,15-/m1/s1. The second-order valence-corrected chi connectivity index (χ2v) is 7.55. The Morgan fingerprint density at radius 3 is 2.68 bits per heavy atom. The first-order valence-corrected chi connectivity index (χ1v) is 9.35. The summed E-state index contributed by atoms with van der Waals surface area (Å²) < 4.78 is 40.8. The molecule has 0 saturated carbocycles. The number of fused-ring (bicyclic) bond motifs is 1. The van der Waals surface area contributed by atoms with Crippen molar-refractivity contribution in [1.82, 2.24) is 20.2 Å². The van der Waals surface area contributed by atoms with Gasteiger partial charge in [-0.1, -0.05) is 6.07 Å². The number of rotatable bonds is 3. The number of benzene rings is 1. The van der Waals surface area contributed by atoms with Crippen molar-refractivity contribution in [3.63, 3.8) is 0 Å². The summed E-state index contributed by atoms with van der Waals surface area (Å²) in [5, 5.41) is 3.18. The van der Waals surface area contributed by atoms with Gasteiger partial charge < -0.3 is 15.1 Å². The quantitative estimate of drug-likeness (QED) is 0.867. The number of piperidine rings is 1. The Morgan fingerprint density at radius 1 is 1.18 bits per heavy atom. The number of likely N-dealkylation sites (N-methyl/N-ethyl adjacent to an activating group) is 1. The van der Waals surface area contributed by atoms with Crippen LogP contribution in [-0.2, 0) is 4.79 Å². The molecule has 2 fully saturated rings. The van der Waals surface area contributed by atoms with Gasteiger partial charge in [0.25, 0.3) is 0 Å². The molecule has 2 aromatic rings. The molecule has 4 rings (SSSR count). The average Bonchev–Trinajstić information content (AvgIpc) is 2.99. The van der Waals surface area contributed by atoms with E-state index in [-0.39, 0.29) is 18.9 Å². The highest BCUT2D eigenvalue weighted by Crippen LogP contribution is 2.36. The second-order valence-electron chi connectivity index (χ2n) is 7.55. The van der Waals surface area contributed by atoms with Crippen LogP contribution in [-0.4, -0.2) is 65.7 Å². The van der Waals surface area contributed by atoms with Gasteiger partial charge in [-0.2, -0.15) is 13.2 Å². The molecular formula is C19H22F3N5O.